The summed E-state index contributed by atoms with van der Waals surface area (Å²) in [5.41, 5.74) is 0. The largest absolute Gasteiger partial charge is 0.463 e. The lowest BCUT2D eigenvalue weighted by atomic mass is 10.3. The van der Waals surface area contributed by atoms with Gasteiger partial charge < -0.3 is 14.2 Å². The molecule has 10 heteroatoms. The van der Waals surface area contributed by atoms with Gasteiger partial charge in [0.15, 0.2) is 0 Å². The maximum Gasteiger partial charge on any atom is 0.313 e. The zero-order chi connectivity index (χ0) is 24.4. The molecule has 0 aromatic carbocycles. The van der Waals surface area contributed by atoms with Gasteiger partial charge in [-0.1, -0.05) is 0 Å². The highest BCUT2D eigenvalue weighted by Gasteiger charge is 2.08. The molecule has 0 N–H and O–H groups in total. The van der Waals surface area contributed by atoms with Gasteiger partial charge in [-0.2, -0.15) is 0 Å². The molecule has 0 aliphatic rings. The van der Waals surface area contributed by atoms with E-state index in [2.05, 4.69) is 0 Å². The predicted octanol–water partition coefficient (Wildman–Crippen LogP) is 2.37. The van der Waals surface area contributed by atoms with E-state index in [9.17, 15) is 28.8 Å². The molecule has 0 aromatic heterocycles. The second kappa shape index (κ2) is 21.2. The summed E-state index contributed by atoms with van der Waals surface area (Å²) in [6.07, 6.45) is -0.736. The van der Waals surface area contributed by atoms with Gasteiger partial charge in [-0.15, -0.1) is 0 Å². The summed E-state index contributed by atoms with van der Waals surface area (Å²) in [6, 6.07) is 0. The van der Waals surface area contributed by atoms with Crippen molar-refractivity contribution in [2.45, 2.75) is 99.9 Å². The first-order chi connectivity index (χ1) is 13.6. The van der Waals surface area contributed by atoms with Crippen molar-refractivity contribution in [3.05, 3.63) is 0 Å². The lowest BCUT2D eigenvalue weighted by Gasteiger charge is -2.05. The monoisotopic (exact) mass is 459 g/mol. The zero-order valence-corrected chi connectivity index (χ0v) is 21.3. The average Bonchev–Trinajstić information content (AvgIpc) is 2.42. The maximum atomic E-state index is 10.6. The van der Waals surface area contributed by atoms with E-state index < -0.39 is 17.9 Å². The van der Waals surface area contributed by atoms with Crippen LogP contribution in [0, 0.1) is 0 Å². The van der Waals surface area contributed by atoms with Crippen molar-refractivity contribution < 1.29 is 43.0 Å². The van der Waals surface area contributed by atoms with E-state index in [-0.39, 0.29) is 72.3 Å². The second-order valence-corrected chi connectivity index (χ2v) is 7.25. The van der Waals surface area contributed by atoms with Crippen LogP contribution in [0.15, 0.2) is 0 Å². The number of ketones is 3. The summed E-state index contributed by atoms with van der Waals surface area (Å²) in [7, 11) is 0. The molecule has 0 unspecified atom stereocenters. The second-order valence-electron chi connectivity index (χ2n) is 7.25. The first kappa shape index (κ1) is 36.3. The molecule has 0 aliphatic heterocycles. The van der Waals surface area contributed by atoms with Gasteiger partial charge in [0, 0.05) is 17.4 Å². The highest BCUT2D eigenvalue weighted by Crippen LogP contribution is 1.94. The van der Waals surface area contributed by atoms with Gasteiger partial charge in [0.2, 0.25) is 0 Å². The molecule has 0 saturated heterocycles. The predicted molar refractivity (Wildman–Crippen MR) is 115 cm³/mol. The van der Waals surface area contributed by atoms with Crippen molar-refractivity contribution in [2.75, 3.05) is 0 Å². The van der Waals surface area contributed by atoms with Crippen LogP contribution in [0.1, 0.15) is 81.6 Å². The van der Waals surface area contributed by atoms with Crippen LogP contribution < -0.4 is 0 Å². The Bertz CT molecular complexity index is 501. The average molecular weight is 459 g/mol. The van der Waals surface area contributed by atoms with E-state index in [0.29, 0.717) is 0 Å². The first-order valence-corrected chi connectivity index (χ1v) is 9.63. The molecular formula is C21H36AlO9. The lowest BCUT2D eigenvalue weighted by Crippen LogP contribution is -2.13. The number of hydrogen-bond donors (Lipinski definition) is 0. The van der Waals surface area contributed by atoms with Gasteiger partial charge in [-0.25, -0.2) is 0 Å². The van der Waals surface area contributed by atoms with Crippen LogP contribution in [0.2, 0.25) is 0 Å². The highest BCUT2D eigenvalue weighted by molar-refractivity contribution is 5.95. The minimum absolute atomic E-state index is 0. The SMILES string of the molecule is CC(=O)CC(=O)OC(C)C.CC(=O)CC(=O)OC(C)C.CC(=O)CC(=O)OC(C)C.[Al]. The maximum absolute atomic E-state index is 10.6. The Kier molecular flexibility index (Phi) is 24.8. The Morgan fingerprint density at radius 2 is 0.645 bits per heavy atom. The minimum Gasteiger partial charge on any atom is -0.463 e. The fourth-order valence-electron chi connectivity index (χ4n) is 1.52. The van der Waals surface area contributed by atoms with Crippen LogP contribution in [-0.4, -0.2) is 70.9 Å². The molecule has 31 heavy (non-hydrogen) atoms. The number of rotatable bonds is 9. The molecule has 0 heterocycles. The number of carbonyl (C=O) groups is 6. The van der Waals surface area contributed by atoms with Crippen molar-refractivity contribution in [1.29, 1.82) is 0 Å². The number of esters is 3. The molecule has 9 nitrogen and oxygen atoms in total. The molecule has 0 amide bonds. The topological polar surface area (TPSA) is 130 Å². The minimum atomic E-state index is -0.442. The lowest BCUT2D eigenvalue weighted by molar-refractivity contribution is -0.150. The van der Waals surface area contributed by atoms with E-state index in [1.807, 2.05) is 0 Å². The van der Waals surface area contributed by atoms with E-state index in [0.717, 1.165) is 0 Å². The molecular weight excluding hydrogens is 423 g/mol. The van der Waals surface area contributed by atoms with Crippen LogP contribution in [0.3, 0.4) is 0 Å². The Hall–Kier alpha value is -2.05. The molecule has 0 aliphatic carbocycles. The van der Waals surface area contributed by atoms with E-state index in [1.165, 1.54) is 20.8 Å². The van der Waals surface area contributed by atoms with E-state index >= 15 is 0 Å². The Morgan fingerprint density at radius 3 is 0.742 bits per heavy atom. The van der Waals surface area contributed by atoms with Gasteiger partial charge in [0.05, 0.1) is 18.3 Å². The van der Waals surface area contributed by atoms with Crippen LogP contribution in [0.4, 0.5) is 0 Å². The van der Waals surface area contributed by atoms with Gasteiger partial charge in [-0.3, -0.25) is 28.8 Å². The number of Topliss-reactive ketones (excluding diaryl/α,β-unsaturated/α-hetero) is 3. The van der Waals surface area contributed by atoms with Crippen molar-refractivity contribution in [1.82, 2.24) is 0 Å². The Labute approximate surface area is 195 Å². The Balaban J connectivity index is -0.000000174. The zero-order valence-electron chi connectivity index (χ0n) is 20.1. The van der Waals surface area contributed by atoms with Gasteiger partial charge in [0.25, 0.3) is 0 Å². The third-order valence-corrected chi connectivity index (χ3v) is 2.28. The first-order valence-electron chi connectivity index (χ1n) is 9.63. The number of hydrogen-bond acceptors (Lipinski definition) is 9. The summed E-state index contributed by atoms with van der Waals surface area (Å²) in [5.74, 6) is -1.81. The molecule has 0 saturated carbocycles. The molecule has 177 valence electrons. The van der Waals surface area contributed by atoms with E-state index in [4.69, 9.17) is 14.2 Å². The summed E-state index contributed by atoms with van der Waals surface area (Å²) < 4.78 is 14.1. The fraction of sp³-hybridized carbons (Fsp3) is 0.714. The molecule has 0 spiro atoms. The van der Waals surface area contributed by atoms with E-state index in [1.54, 1.807) is 41.5 Å². The fourth-order valence-corrected chi connectivity index (χ4v) is 1.52. The molecule has 0 atom stereocenters. The molecule has 0 fully saturated rings. The third-order valence-electron chi connectivity index (χ3n) is 2.28. The summed E-state index contributed by atoms with van der Waals surface area (Å²) >= 11 is 0. The number of carbonyl (C=O) groups excluding carboxylic acids is 6. The van der Waals surface area contributed by atoms with Gasteiger partial charge in [-0.05, 0) is 62.3 Å². The van der Waals surface area contributed by atoms with Crippen LogP contribution >= 0.6 is 0 Å². The van der Waals surface area contributed by atoms with Crippen molar-refractivity contribution in [3.63, 3.8) is 0 Å². The number of ether oxygens (including phenoxy) is 3. The van der Waals surface area contributed by atoms with Crippen LogP contribution in [0.5, 0.6) is 0 Å². The molecule has 0 rings (SSSR count). The summed E-state index contributed by atoms with van der Waals surface area (Å²) in [4.78, 5) is 62.9. The molecule has 3 radical (unpaired) electrons. The molecule has 0 bridgehead atoms. The van der Waals surface area contributed by atoms with Crippen molar-refractivity contribution >= 4 is 52.6 Å². The normalized spacial score (nSPS) is 9.29. The van der Waals surface area contributed by atoms with Crippen LogP contribution in [-0.2, 0) is 43.0 Å². The van der Waals surface area contributed by atoms with Crippen molar-refractivity contribution in [2.24, 2.45) is 0 Å². The van der Waals surface area contributed by atoms with Crippen molar-refractivity contribution in [3.8, 4) is 0 Å². The Morgan fingerprint density at radius 1 is 0.484 bits per heavy atom. The summed E-state index contributed by atoms with van der Waals surface area (Å²) in [6.45, 7) is 14.6. The summed E-state index contributed by atoms with van der Waals surface area (Å²) in [5, 5.41) is 0. The van der Waals surface area contributed by atoms with Gasteiger partial charge in [0.1, 0.15) is 36.6 Å². The molecule has 0 aromatic rings. The highest BCUT2D eigenvalue weighted by atomic mass is 27.0. The van der Waals surface area contributed by atoms with Crippen LogP contribution in [0.25, 0.3) is 0 Å². The quantitative estimate of drug-likeness (QED) is 0.221. The smallest absolute Gasteiger partial charge is 0.313 e. The standard InChI is InChI=1S/3C7H12O3.Al/c3*1-5(2)10-7(9)4-6(3)8;/h3*5H,4H2,1-3H3;. The van der Waals surface area contributed by atoms with Gasteiger partial charge >= 0.3 is 17.9 Å². The third kappa shape index (κ3) is 39.1.